The average molecular weight is 407 g/mol. The minimum Gasteiger partial charge on any atom is -0.482 e. The van der Waals surface area contributed by atoms with Gasteiger partial charge in [0.1, 0.15) is 17.1 Å². The maximum Gasteiger partial charge on any atom is 0.267 e. The van der Waals surface area contributed by atoms with Crippen LogP contribution in [-0.2, 0) is 4.79 Å². The van der Waals surface area contributed by atoms with Crippen molar-refractivity contribution in [2.45, 2.75) is 32.7 Å². The Bertz CT molecular complexity index is 1100. The molecule has 0 N–H and O–H groups in total. The minimum atomic E-state index is -0.149. The van der Waals surface area contributed by atoms with Crippen molar-refractivity contribution < 1.29 is 9.53 Å². The number of benzene rings is 1. The molecule has 0 radical (unpaired) electrons. The molecule has 0 spiro atoms. The monoisotopic (exact) mass is 407 g/mol. The average Bonchev–Trinajstić information content (AvgIpc) is 3.44. The quantitative estimate of drug-likeness (QED) is 0.627. The molecule has 8 nitrogen and oxygen atoms in total. The summed E-state index contributed by atoms with van der Waals surface area (Å²) in [5.74, 6) is 0.556. The molecule has 0 bridgehead atoms. The van der Waals surface area contributed by atoms with Gasteiger partial charge in [0.2, 0.25) is 0 Å². The van der Waals surface area contributed by atoms with Crippen LogP contribution in [0.3, 0.4) is 0 Å². The molecule has 1 aliphatic rings. The van der Waals surface area contributed by atoms with E-state index in [0.29, 0.717) is 17.1 Å². The number of para-hydroxylation sites is 2. The molecule has 0 atom stereocenters. The number of aromatic nitrogens is 4. The van der Waals surface area contributed by atoms with Gasteiger partial charge in [0.15, 0.2) is 6.61 Å². The van der Waals surface area contributed by atoms with Crippen LogP contribution >= 0.6 is 0 Å². The molecule has 1 aliphatic heterocycles. The largest absolute Gasteiger partial charge is 0.482 e. The van der Waals surface area contributed by atoms with E-state index in [1.165, 1.54) is 10.7 Å². The molecule has 1 aromatic carbocycles. The fraction of sp³-hybridized carbons (Fsp3) is 0.364. The van der Waals surface area contributed by atoms with Crippen LogP contribution in [-0.4, -0.2) is 50.1 Å². The first-order valence-electron chi connectivity index (χ1n) is 10.2. The minimum absolute atomic E-state index is 0.00586. The van der Waals surface area contributed by atoms with Crippen LogP contribution < -0.4 is 10.3 Å². The third-order valence-corrected chi connectivity index (χ3v) is 5.12. The molecule has 4 rings (SSSR count). The van der Waals surface area contributed by atoms with Gasteiger partial charge in [0, 0.05) is 19.2 Å². The van der Waals surface area contributed by atoms with Gasteiger partial charge in [0.25, 0.3) is 11.5 Å². The summed E-state index contributed by atoms with van der Waals surface area (Å²) in [7, 11) is 0. The Morgan fingerprint density at radius 1 is 1.10 bits per heavy atom. The molecule has 30 heavy (non-hydrogen) atoms. The lowest BCUT2D eigenvalue weighted by Gasteiger charge is -2.17. The normalized spacial score (nSPS) is 13.8. The fourth-order valence-corrected chi connectivity index (χ4v) is 3.57. The number of hydrogen-bond acceptors (Lipinski definition) is 5. The van der Waals surface area contributed by atoms with Crippen LogP contribution in [0.15, 0.2) is 53.5 Å². The third kappa shape index (κ3) is 3.98. The molecule has 0 saturated carbocycles. The zero-order valence-electron chi connectivity index (χ0n) is 17.2. The van der Waals surface area contributed by atoms with Crippen LogP contribution in [0.1, 0.15) is 32.7 Å². The van der Waals surface area contributed by atoms with Gasteiger partial charge in [-0.15, -0.1) is 0 Å². The highest BCUT2D eigenvalue weighted by molar-refractivity contribution is 5.78. The molecule has 1 amide bonds. The summed E-state index contributed by atoms with van der Waals surface area (Å²) < 4.78 is 9.04. The van der Waals surface area contributed by atoms with Crippen LogP contribution in [0.2, 0.25) is 0 Å². The molecule has 8 heteroatoms. The lowest BCUT2D eigenvalue weighted by Crippen LogP contribution is -2.32. The van der Waals surface area contributed by atoms with Crippen LogP contribution in [0.25, 0.3) is 17.1 Å². The zero-order valence-corrected chi connectivity index (χ0v) is 17.2. The molecule has 1 fully saturated rings. The summed E-state index contributed by atoms with van der Waals surface area (Å²) in [6, 6.07) is 12.4. The van der Waals surface area contributed by atoms with Crippen molar-refractivity contribution in [3.8, 4) is 22.8 Å². The Kier molecular flexibility index (Phi) is 5.65. The van der Waals surface area contributed by atoms with E-state index < -0.39 is 0 Å². The van der Waals surface area contributed by atoms with E-state index in [4.69, 9.17) is 4.74 Å². The van der Waals surface area contributed by atoms with Gasteiger partial charge in [-0.25, -0.2) is 9.36 Å². The predicted octanol–water partition coefficient (Wildman–Crippen LogP) is 2.68. The van der Waals surface area contributed by atoms with Crippen molar-refractivity contribution in [1.29, 1.82) is 0 Å². The number of amides is 1. The number of carbonyl (C=O) groups is 1. The summed E-state index contributed by atoms with van der Waals surface area (Å²) in [6.07, 6.45) is 3.77. The molecular formula is C22H25N5O3. The van der Waals surface area contributed by atoms with E-state index in [2.05, 4.69) is 10.2 Å². The van der Waals surface area contributed by atoms with Gasteiger partial charge >= 0.3 is 0 Å². The molecule has 0 unspecified atom stereocenters. The maximum absolute atomic E-state index is 12.4. The van der Waals surface area contributed by atoms with Crippen molar-refractivity contribution in [3.05, 3.63) is 59.0 Å². The van der Waals surface area contributed by atoms with E-state index in [1.807, 2.05) is 49.1 Å². The van der Waals surface area contributed by atoms with Crippen molar-refractivity contribution in [2.24, 2.45) is 0 Å². The Morgan fingerprint density at radius 3 is 2.63 bits per heavy atom. The summed E-state index contributed by atoms with van der Waals surface area (Å²) >= 11 is 0. The number of likely N-dealkylation sites (tertiary alicyclic amines) is 1. The summed E-state index contributed by atoms with van der Waals surface area (Å²) in [6.45, 7) is 5.41. The first kappa shape index (κ1) is 19.9. The SMILES string of the molecule is CC(C)n1nc(-c2ccnn2-c2ccccc2OCC(=O)N2CCCC2)ccc1=O. The Labute approximate surface area is 174 Å². The topological polar surface area (TPSA) is 82.2 Å². The Hall–Kier alpha value is -3.42. The highest BCUT2D eigenvalue weighted by Gasteiger charge is 2.20. The highest BCUT2D eigenvalue weighted by Crippen LogP contribution is 2.27. The second-order valence-corrected chi connectivity index (χ2v) is 7.57. The van der Waals surface area contributed by atoms with Crippen molar-refractivity contribution in [2.75, 3.05) is 19.7 Å². The van der Waals surface area contributed by atoms with Gasteiger partial charge in [-0.3, -0.25) is 9.59 Å². The van der Waals surface area contributed by atoms with Gasteiger partial charge < -0.3 is 9.64 Å². The molecule has 1 saturated heterocycles. The number of hydrogen-bond donors (Lipinski definition) is 0. The van der Waals surface area contributed by atoms with Crippen LogP contribution in [0, 0.1) is 0 Å². The number of ether oxygens (including phenoxy) is 1. The molecular weight excluding hydrogens is 382 g/mol. The smallest absolute Gasteiger partial charge is 0.267 e. The standard InChI is InChI=1S/C22H25N5O3/c1-16(2)26-21(28)10-9-17(24-26)18-11-12-23-27(18)19-7-3-4-8-20(19)30-15-22(29)25-13-5-6-14-25/h3-4,7-12,16H,5-6,13-15H2,1-2H3. The lowest BCUT2D eigenvalue weighted by molar-refractivity contribution is -0.132. The van der Waals surface area contributed by atoms with Crippen LogP contribution in [0.4, 0.5) is 0 Å². The third-order valence-electron chi connectivity index (χ3n) is 5.12. The molecule has 3 aromatic rings. The lowest BCUT2D eigenvalue weighted by atomic mass is 10.2. The summed E-state index contributed by atoms with van der Waals surface area (Å²) in [4.78, 5) is 26.3. The molecule has 156 valence electrons. The highest BCUT2D eigenvalue weighted by atomic mass is 16.5. The first-order valence-corrected chi connectivity index (χ1v) is 10.2. The molecule has 2 aromatic heterocycles. The number of carbonyl (C=O) groups excluding carboxylic acids is 1. The summed E-state index contributed by atoms with van der Waals surface area (Å²) in [5.41, 5.74) is 1.91. The predicted molar refractivity (Wildman–Crippen MR) is 113 cm³/mol. The zero-order chi connectivity index (χ0) is 21.1. The van der Waals surface area contributed by atoms with Crippen molar-refractivity contribution in [3.63, 3.8) is 0 Å². The van der Waals surface area contributed by atoms with Crippen LogP contribution in [0.5, 0.6) is 5.75 Å². The van der Waals surface area contributed by atoms with E-state index in [0.717, 1.165) is 31.6 Å². The number of rotatable bonds is 6. The second kappa shape index (κ2) is 8.52. The van der Waals surface area contributed by atoms with Crippen molar-refractivity contribution >= 4 is 5.91 Å². The summed E-state index contributed by atoms with van der Waals surface area (Å²) in [5, 5.41) is 8.94. The van der Waals surface area contributed by atoms with Crippen molar-refractivity contribution in [1.82, 2.24) is 24.5 Å². The van der Waals surface area contributed by atoms with Gasteiger partial charge in [-0.05, 0) is 51.0 Å². The van der Waals surface area contributed by atoms with E-state index >= 15 is 0 Å². The van der Waals surface area contributed by atoms with Gasteiger partial charge in [-0.1, -0.05) is 12.1 Å². The van der Waals surface area contributed by atoms with E-state index in [9.17, 15) is 9.59 Å². The van der Waals surface area contributed by atoms with Gasteiger partial charge in [-0.2, -0.15) is 10.2 Å². The number of nitrogens with zero attached hydrogens (tertiary/aromatic N) is 5. The molecule has 3 heterocycles. The Balaban J connectivity index is 1.64. The maximum atomic E-state index is 12.4. The van der Waals surface area contributed by atoms with Gasteiger partial charge in [0.05, 0.1) is 17.9 Å². The first-order chi connectivity index (χ1) is 14.5. The van der Waals surface area contributed by atoms with E-state index in [-0.39, 0.29) is 24.1 Å². The second-order valence-electron chi connectivity index (χ2n) is 7.57. The molecule has 0 aliphatic carbocycles. The van der Waals surface area contributed by atoms with E-state index in [1.54, 1.807) is 16.9 Å². The Morgan fingerprint density at radius 2 is 1.87 bits per heavy atom. The fourth-order valence-electron chi connectivity index (χ4n) is 3.57.